The molecule has 1 aliphatic heterocycles. The Morgan fingerprint density at radius 2 is 1.90 bits per heavy atom. The number of anilines is 2. The van der Waals surface area contributed by atoms with Crippen LogP contribution in [-0.4, -0.2) is 30.7 Å². The van der Waals surface area contributed by atoms with Gasteiger partial charge in [-0.05, 0) is 50.3 Å². The van der Waals surface area contributed by atoms with E-state index in [1.165, 1.54) is 0 Å². The van der Waals surface area contributed by atoms with Crippen LogP contribution in [-0.2, 0) is 9.53 Å². The van der Waals surface area contributed by atoms with Gasteiger partial charge in [-0.15, -0.1) is 0 Å². The van der Waals surface area contributed by atoms with Gasteiger partial charge in [0, 0.05) is 31.2 Å². The highest BCUT2D eigenvalue weighted by molar-refractivity contribution is 6.03. The molecule has 1 unspecified atom stereocenters. The lowest BCUT2D eigenvalue weighted by Crippen LogP contribution is -2.51. The van der Waals surface area contributed by atoms with Crippen molar-refractivity contribution in [2.24, 2.45) is 5.73 Å². The normalized spacial score (nSPS) is 21.6. The van der Waals surface area contributed by atoms with Gasteiger partial charge < -0.3 is 15.4 Å². The summed E-state index contributed by atoms with van der Waals surface area (Å²) in [6.07, 6.45) is 12.3. The van der Waals surface area contributed by atoms with Gasteiger partial charge in [0.15, 0.2) is 0 Å². The minimum atomic E-state index is -0.338. The van der Waals surface area contributed by atoms with Gasteiger partial charge in [-0.2, -0.15) is 0 Å². The van der Waals surface area contributed by atoms with Crippen LogP contribution >= 0.6 is 0 Å². The Balaban J connectivity index is 1.74. The number of nitrogens with zero attached hydrogens (tertiary/aromatic N) is 2. The molecule has 4 rings (SSSR count). The predicted molar refractivity (Wildman–Crippen MR) is 119 cm³/mol. The summed E-state index contributed by atoms with van der Waals surface area (Å²) in [5, 5.41) is 0. The number of amides is 2. The first-order valence-corrected chi connectivity index (χ1v) is 10.7. The van der Waals surface area contributed by atoms with Crippen LogP contribution in [0.4, 0.5) is 16.2 Å². The minimum absolute atomic E-state index is 0.0144. The molecule has 0 radical (unpaired) electrons. The van der Waals surface area contributed by atoms with Crippen molar-refractivity contribution < 1.29 is 14.3 Å². The molecule has 6 nitrogen and oxygen atoms in total. The third kappa shape index (κ3) is 3.86. The maximum absolute atomic E-state index is 13.1. The molecule has 2 N–H and O–H groups in total. The van der Waals surface area contributed by atoms with E-state index in [0.29, 0.717) is 18.7 Å². The van der Waals surface area contributed by atoms with E-state index in [4.69, 9.17) is 10.5 Å². The zero-order chi connectivity index (χ0) is 21.3. The van der Waals surface area contributed by atoms with Crippen LogP contribution in [0.1, 0.15) is 51.5 Å². The molecule has 0 spiro atoms. The molecular formula is C24H29N3O3. The van der Waals surface area contributed by atoms with Crippen molar-refractivity contribution >= 4 is 28.9 Å². The van der Waals surface area contributed by atoms with Crippen molar-refractivity contribution in [1.82, 2.24) is 0 Å². The molecule has 3 aliphatic rings. The number of rotatable bonds is 2. The van der Waals surface area contributed by atoms with Crippen LogP contribution in [0.25, 0.3) is 5.57 Å². The Bertz CT molecular complexity index is 941. The molecule has 1 heterocycles. The Morgan fingerprint density at radius 1 is 1.13 bits per heavy atom. The number of hydrogen-bond acceptors (Lipinski definition) is 4. The number of nitrogens with two attached hydrogens (primary N) is 1. The van der Waals surface area contributed by atoms with E-state index in [-0.39, 0.29) is 24.1 Å². The zero-order valence-corrected chi connectivity index (χ0v) is 17.6. The largest absolute Gasteiger partial charge is 0.446 e. The first-order valence-electron chi connectivity index (χ1n) is 10.7. The highest BCUT2D eigenvalue weighted by Gasteiger charge is 2.35. The Hall–Kier alpha value is -3.02. The van der Waals surface area contributed by atoms with Gasteiger partial charge in [-0.1, -0.05) is 30.4 Å². The molecule has 1 aromatic rings. The predicted octanol–water partition coefficient (Wildman–Crippen LogP) is 4.51. The summed E-state index contributed by atoms with van der Waals surface area (Å²) in [4.78, 5) is 28.9. The molecule has 158 valence electrons. The molecular weight excluding hydrogens is 378 g/mol. The lowest BCUT2D eigenvalue weighted by Gasteiger charge is -2.40. The molecule has 1 atom stereocenters. The molecule has 2 amide bonds. The zero-order valence-electron chi connectivity index (χ0n) is 17.6. The van der Waals surface area contributed by atoms with E-state index in [9.17, 15) is 9.59 Å². The van der Waals surface area contributed by atoms with E-state index < -0.39 is 0 Å². The van der Waals surface area contributed by atoms with E-state index in [1.54, 1.807) is 16.7 Å². The summed E-state index contributed by atoms with van der Waals surface area (Å²) in [6.45, 7) is 3.91. The average Bonchev–Trinajstić information content (AvgIpc) is 3.12. The summed E-state index contributed by atoms with van der Waals surface area (Å²) in [7, 11) is 0. The number of hydrogen-bond donors (Lipinski definition) is 1. The fourth-order valence-electron chi connectivity index (χ4n) is 4.58. The van der Waals surface area contributed by atoms with Crippen molar-refractivity contribution in [3.8, 4) is 0 Å². The number of carbonyl (C=O) groups is 2. The van der Waals surface area contributed by atoms with Gasteiger partial charge in [0.05, 0.1) is 17.4 Å². The second-order valence-corrected chi connectivity index (χ2v) is 8.27. The Labute approximate surface area is 177 Å². The van der Waals surface area contributed by atoms with Crippen molar-refractivity contribution in [3.05, 3.63) is 53.8 Å². The molecule has 1 aromatic carbocycles. The van der Waals surface area contributed by atoms with Crippen molar-refractivity contribution in [3.63, 3.8) is 0 Å². The summed E-state index contributed by atoms with van der Waals surface area (Å²) >= 11 is 0. The molecule has 2 aliphatic carbocycles. The Morgan fingerprint density at radius 3 is 2.63 bits per heavy atom. The molecule has 0 saturated heterocycles. The minimum Gasteiger partial charge on any atom is -0.446 e. The SMILES string of the molecule is CC(=O)N1c2ccc(C3=C(N)CC=CC=C3)cc2N(C(=O)OC2CCCC2)CC1C. The molecule has 0 bridgehead atoms. The summed E-state index contributed by atoms with van der Waals surface area (Å²) in [5.41, 5.74) is 10.3. The van der Waals surface area contributed by atoms with Crippen molar-refractivity contribution in [2.75, 3.05) is 16.3 Å². The van der Waals surface area contributed by atoms with E-state index in [1.807, 2.05) is 49.4 Å². The first-order chi connectivity index (χ1) is 14.5. The molecule has 1 fully saturated rings. The smallest absolute Gasteiger partial charge is 0.414 e. The molecule has 0 aromatic heterocycles. The molecule has 30 heavy (non-hydrogen) atoms. The van der Waals surface area contributed by atoms with Gasteiger partial charge in [0.1, 0.15) is 6.10 Å². The summed E-state index contributed by atoms with van der Waals surface area (Å²) in [6, 6.07) is 5.68. The topological polar surface area (TPSA) is 75.9 Å². The molecule has 6 heteroatoms. The third-order valence-corrected chi connectivity index (χ3v) is 6.05. The fourth-order valence-corrected chi connectivity index (χ4v) is 4.58. The maximum atomic E-state index is 13.1. The lowest BCUT2D eigenvalue weighted by atomic mass is 9.98. The van der Waals surface area contributed by atoms with Gasteiger partial charge in [-0.25, -0.2) is 4.79 Å². The van der Waals surface area contributed by atoms with E-state index in [2.05, 4.69) is 0 Å². The second-order valence-electron chi connectivity index (χ2n) is 8.27. The number of allylic oxidation sites excluding steroid dienone is 5. The van der Waals surface area contributed by atoms with Gasteiger partial charge in [-0.3, -0.25) is 9.69 Å². The van der Waals surface area contributed by atoms with Crippen LogP contribution in [0.5, 0.6) is 0 Å². The van der Waals surface area contributed by atoms with Gasteiger partial charge in [0.2, 0.25) is 5.91 Å². The van der Waals surface area contributed by atoms with E-state index in [0.717, 1.165) is 48.2 Å². The van der Waals surface area contributed by atoms with Gasteiger partial charge >= 0.3 is 6.09 Å². The quantitative estimate of drug-likeness (QED) is 0.782. The molecule has 1 saturated carbocycles. The number of ether oxygens (including phenoxy) is 1. The maximum Gasteiger partial charge on any atom is 0.414 e. The summed E-state index contributed by atoms with van der Waals surface area (Å²) in [5.74, 6) is -0.0439. The highest BCUT2D eigenvalue weighted by atomic mass is 16.6. The lowest BCUT2D eigenvalue weighted by molar-refractivity contribution is -0.117. The van der Waals surface area contributed by atoms with E-state index >= 15 is 0 Å². The second kappa shape index (κ2) is 8.38. The fraction of sp³-hybridized carbons (Fsp3) is 0.417. The van der Waals surface area contributed by atoms with Crippen LogP contribution in [0.2, 0.25) is 0 Å². The van der Waals surface area contributed by atoms with Crippen LogP contribution in [0, 0.1) is 0 Å². The van der Waals surface area contributed by atoms with Crippen LogP contribution < -0.4 is 15.5 Å². The first kappa shape index (κ1) is 20.3. The summed E-state index contributed by atoms with van der Waals surface area (Å²) < 4.78 is 5.80. The van der Waals surface area contributed by atoms with Crippen molar-refractivity contribution in [2.45, 2.75) is 58.1 Å². The highest BCUT2D eigenvalue weighted by Crippen LogP contribution is 2.39. The van der Waals surface area contributed by atoms with Gasteiger partial charge in [0.25, 0.3) is 0 Å². The van der Waals surface area contributed by atoms with Crippen molar-refractivity contribution in [1.29, 1.82) is 0 Å². The van der Waals surface area contributed by atoms with Crippen LogP contribution in [0.3, 0.4) is 0 Å². The number of carbonyl (C=O) groups excluding carboxylic acids is 2. The standard InChI is InChI=1S/C24H29N3O3/c1-16-15-26(24(29)30-19-8-6-7-9-19)23-14-18(12-13-22(23)27(16)17(2)28)20-10-4-3-5-11-21(20)25/h3-5,10,12-14,16,19H,6-9,11,15,25H2,1-2H3. The monoisotopic (exact) mass is 407 g/mol. The Kier molecular flexibility index (Phi) is 5.66. The average molecular weight is 408 g/mol. The number of fused-ring (bicyclic) bond motifs is 1. The van der Waals surface area contributed by atoms with Crippen LogP contribution in [0.15, 0.2) is 48.2 Å². The number of benzene rings is 1. The third-order valence-electron chi connectivity index (χ3n) is 6.05.